The molecule has 1 aliphatic rings. The minimum absolute atomic E-state index is 0.243. The van der Waals surface area contributed by atoms with Gasteiger partial charge in [-0.05, 0) is 12.8 Å². The third-order valence-corrected chi connectivity index (χ3v) is 4.54. The number of unbranched alkanes of at least 4 members (excludes halogenated alkanes) is 3. The molecule has 0 N–H and O–H groups in total. The topological polar surface area (TPSA) is 46.1 Å². The number of rotatable bonds is 7. The van der Waals surface area contributed by atoms with Crippen LogP contribution in [0.3, 0.4) is 0 Å². The summed E-state index contributed by atoms with van der Waals surface area (Å²) in [4.78, 5) is 23.4. The predicted molar refractivity (Wildman–Crippen MR) is 83.9 cm³/mol. The highest BCUT2D eigenvalue weighted by Crippen LogP contribution is 2.40. The van der Waals surface area contributed by atoms with Crippen molar-refractivity contribution in [2.24, 2.45) is 0 Å². The highest BCUT2D eigenvalue weighted by Gasteiger charge is 2.46. The molecule has 0 aromatic carbocycles. The third kappa shape index (κ3) is 3.09. The van der Waals surface area contributed by atoms with Gasteiger partial charge >= 0.3 is 0 Å². The molecule has 2 rings (SSSR count). The largest absolute Gasteiger partial charge is 0.340 e. The van der Waals surface area contributed by atoms with Gasteiger partial charge in [-0.2, -0.15) is 0 Å². The first kappa shape index (κ1) is 15.9. The second-order valence-corrected chi connectivity index (χ2v) is 6.20. The Bertz CT molecular complexity index is 489. The Hall–Kier alpha value is -1.45. The van der Waals surface area contributed by atoms with Crippen LogP contribution in [0.5, 0.6) is 0 Å². The molecule has 1 amide bonds. The van der Waals surface area contributed by atoms with E-state index in [2.05, 4.69) is 23.8 Å². The normalized spacial score (nSPS) is 21.5. The fourth-order valence-electron chi connectivity index (χ4n) is 3.55. The summed E-state index contributed by atoms with van der Waals surface area (Å²) in [6.07, 6.45) is 11.0. The lowest BCUT2D eigenvalue weighted by Crippen LogP contribution is -2.50. The summed E-state index contributed by atoms with van der Waals surface area (Å²) in [7, 11) is 1.90. The Morgan fingerprint density at radius 1 is 1.19 bits per heavy atom. The van der Waals surface area contributed by atoms with E-state index >= 15 is 0 Å². The monoisotopic (exact) mass is 289 g/mol. The number of hydrogen-bond donors (Lipinski definition) is 0. The quantitative estimate of drug-likeness (QED) is 0.722. The molecule has 0 saturated heterocycles. The van der Waals surface area contributed by atoms with Gasteiger partial charge in [0, 0.05) is 25.4 Å². The Balaban J connectivity index is 2.33. The molecule has 4 nitrogen and oxygen atoms in total. The van der Waals surface area contributed by atoms with Gasteiger partial charge in [0.25, 0.3) is 0 Å². The zero-order valence-electron chi connectivity index (χ0n) is 13.6. The van der Waals surface area contributed by atoms with Gasteiger partial charge in [-0.3, -0.25) is 4.79 Å². The third-order valence-electron chi connectivity index (χ3n) is 4.54. The van der Waals surface area contributed by atoms with Crippen LogP contribution in [-0.4, -0.2) is 27.8 Å². The Labute approximate surface area is 128 Å². The molecule has 2 heterocycles. The van der Waals surface area contributed by atoms with Crippen LogP contribution in [-0.2, 0) is 16.8 Å². The van der Waals surface area contributed by atoms with Gasteiger partial charge in [-0.15, -0.1) is 0 Å². The minimum atomic E-state index is -0.423. The van der Waals surface area contributed by atoms with E-state index in [9.17, 15) is 4.79 Å². The summed E-state index contributed by atoms with van der Waals surface area (Å²) in [5, 5.41) is 0. The molecule has 21 heavy (non-hydrogen) atoms. The average molecular weight is 289 g/mol. The summed E-state index contributed by atoms with van der Waals surface area (Å²) >= 11 is 0. The van der Waals surface area contributed by atoms with Crippen LogP contribution >= 0.6 is 0 Å². The van der Waals surface area contributed by atoms with Crippen LogP contribution in [0.1, 0.15) is 70.1 Å². The predicted octanol–water partition coefficient (Wildman–Crippen LogP) is 3.46. The number of nitrogens with zero attached hydrogens (tertiary/aromatic N) is 3. The molecule has 0 radical (unpaired) electrons. The standard InChI is InChI=1S/C17H27N3O/c1-4-6-7-8-10-17(9-5-2)15-14(11-18-13-19-15)12-20(3)16(17)21/h11,13H,4-10,12H2,1-3H3. The molecule has 0 bridgehead atoms. The van der Waals surface area contributed by atoms with Crippen molar-refractivity contribution in [2.75, 3.05) is 7.05 Å². The maximum Gasteiger partial charge on any atom is 0.234 e. The number of amides is 1. The van der Waals surface area contributed by atoms with Crippen molar-refractivity contribution in [3.8, 4) is 0 Å². The first-order valence-electron chi connectivity index (χ1n) is 8.20. The van der Waals surface area contributed by atoms with Crippen molar-refractivity contribution in [1.82, 2.24) is 14.9 Å². The van der Waals surface area contributed by atoms with Gasteiger partial charge in [0.15, 0.2) is 0 Å². The van der Waals surface area contributed by atoms with E-state index in [0.717, 1.165) is 36.9 Å². The average Bonchev–Trinajstić information content (AvgIpc) is 2.49. The van der Waals surface area contributed by atoms with Crippen molar-refractivity contribution < 1.29 is 4.79 Å². The fraction of sp³-hybridized carbons (Fsp3) is 0.706. The summed E-state index contributed by atoms with van der Waals surface area (Å²) in [6.45, 7) is 5.00. The lowest BCUT2D eigenvalue weighted by molar-refractivity contribution is -0.139. The molecule has 1 unspecified atom stereocenters. The Kier molecular flexibility index (Phi) is 5.32. The highest BCUT2D eigenvalue weighted by molar-refractivity contribution is 5.89. The summed E-state index contributed by atoms with van der Waals surface area (Å²) in [5.74, 6) is 0.243. The van der Waals surface area contributed by atoms with Gasteiger partial charge in [-0.25, -0.2) is 9.97 Å². The number of fused-ring (bicyclic) bond motifs is 1. The molecule has 116 valence electrons. The Morgan fingerprint density at radius 3 is 2.71 bits per heavy atom. The molecule has 1 aromatic heterocycles. The van der Waals surface area contributed by atoms with E-state index in [1.165, 1.54) is 19.3 Å². The summed E-state index contributed by atoms with van der Waals surface area (Å²) in [6, 6.07) is 0. The molecule has 0 saturated carbocycles. The summed E-state index contributed by atoms with van der Waals surface area (Å²) < 4.78 is 0. The number of hydrogen-bond acceptors (Lipinski definition) is 3. The van der Waals surface area contributed by atoms with Crippen LogP contribution in [0.2, 0.25) is 0 Å². The van der Waals surface area contributed by atoms with Crippen molar-refractivity contribution in [3.63, 3.8) is 0 Å². The van der Waals surface area contributed by atoms with E-state index in [-0.39, 0.29) is 5.91 Å². The second-order valence-electron chi connectivity index (χ2n) is 6.20. The Morgan fingerprint density at radius 2 is 2.00 bits per heavy atom. The SMILES string of the molecule is CCCCCCC1(CCC)C(=O)N(C)Cc2cncnc21. The van der Waals surface area contributed by atoms with Gasteiger partial charge < -0.3 is 4.90 Å². The van der Waals surface area contributed by atoms with Crippen LogP contribution in [0, 0.1) is 0 Å². The zero-order valence-corrected chi connectivity index (χ0v) is 13.6. The van der Waals surface area contributed by atoms with Gasteiger partial charge in [0.2, 0.25) is 5.91 Å². The highest BCUT2D eigenvalue weighted by atomic mass is 16.2. The van der Waals surface area contributed by atoms with E-state index < -0.39 is 5.41 Å². The maximum absolute atomic E-state index is 12.9. The van der Waals surface area contributed by atoms with E-state index in [4.69, 9.17) is 0 Å². The number of likely N-dealkylation sites (N-methyl/N-ethyl adjacent to an activating group) is 1. The molecule has 1 atom stereocenters. The maximum atomic E-state index is 12.9. The molecule has 1 aliphatic heterocycles. The van der Waals surface area contributed by atoms with Crippen molar-refractivity contribution in [1.29, 1.82) is 0 Å². The lowest BCUT2D eigenvalue weighted by Gasteiger charge is -2.40. The molecule has 0 spiro atoms. The number of aromatic nitrogens is 2. The molecule has 0 aliphatic carbocycles. The van der Waals surface area contributed by atoms with Crippen LogP contribution in [0.4, 0.5) is 0 Å². The van der Waals surface area contributed by atoms with Gasteiger partial charge in [0.05, 0.1) is 11.1 Å². The van der Waals surface area contributed by atoms with Crippen LogP contribution in [0.25, 0.3) is 0 Å². The molecule has 4 heteroatoms. The molecule has 1 aromatic rings. The zero-order chi connectivity index (χ0) is 15.3. The second kappa shape index (κ2) is 7.01. The van der Waals surface area contributed by atoms with Gasteiger partial charge in [0.1, 0.15) is 6.33 Å². The minimum Gasteiger partial charge on any atom is -0.340 e. The van der Waals surface area contributed by atoms with Crippen molar-refractivity contribution in [2.45, 2.75) is 70.8 Å². The number of carbonyl (C=O) groups excluding carboxylic acids is 1. The van der Waals surface area contributed by atoms with E-state index in [1.807, 2.05) is 18.1 Å². The number of carbonyl (C=O) groups is 1. The summed E-state index contributed by atoms with van der Waals surface area (Å²) in [5.41, 5.74) is 1.68. The van der Waals surface area contributed by atoms with Crippen LogP contribution in [0.15, 0.2) is 12.5 Å². The molecule has 0 fully saturated rings. The molecular weight excluding hydrogens is 262 g/mol. The van der Waals surface area contributed by atoms with Gasteiger partial charge in [-0.1, -0.05) is 46.0 Å². The lowest BCUT2D eigenvalue weighted by atomic mass is 9.71. The first-order chi connectivity index (χ1) is 10.2. The first-order valence-corrected chi connectivity index (χ1v) is 8.20. The van der Waals surface area contributed by atoms with Crippen LogP contribution < -0.4 is 0 Å². The van der Waals surface area contributed by atoms with E-state index in [1.54, 1.807) is 6.33 Å². The van der Waals surface area contributed by atoms with E-state index in [0.29, 0.717) is 6.54 Å². The fourth-order valence-corrected chi connectivity index (χ4v) is 3.55. The molecular formula is C17H27N3O. The van der Waals surface area contributed by atoms with Crippen molar-refractivity contribution >= 4 is 5.91 Å². The van der Waals surface area contributed by atoms with Crippen molar-refractivity contribution in [3.05, 3.63) is 23.8 Å². The smallest absolute Gasteiger partial charge is 0.234 e.